The molecule has 1 unspecified atom stereocenters. The number of rotatable bonds is 2. The summed E-state index contributed by atoms with van der Waals surface area (Å²) in [6.07, 6.45) is -0.764. The van der Waals surface area contributed by atoms with Gasteiger partial charge in [0.1, 0.15) is 11.9 Å². The SMILES string of the molecule is Cc1ccc2oc(=O)n(-c3ccc(N4CC(C)OC4=O)cc3F)c2c1. The van der Waals surface area contributed by atoms with E-state index in [0.717, 1.165) is 5.56 Å². The Kier molecular flexibility index (Phi) is 3.38. The second kappa shape index (κ2) is 5.47. The smallest absolute Gasteiger partial charge is 0.424 e. The molecular formula is C18H15FN2O4. The summed E-state index contributed by atoms with van der Waals surface area (Å²) < 4.78 is 26.1. The molecule has 128 valence electrons. The molecule has 1 aliphatic rings. The van der Waals surface area contributed by atoms with Gasteiger partial charge < -0.3 is 9.15 Å². The minimum Gasteiger partial charge on any atom is -0.444 e. The average Bonchev–Trinajstić information content (AvgIpc) is 3.05. The fourth-order valence-electron chi connectivity index (χ4n) is 3.02. The van der Waals surface area contributed by atoms with E-state index in [4.69, 9.17) is 9.15 Å². The predicted octanol–water partition coefficient (Wildman–Crippen LogP) is 3.38. The van der Waals surface area contributed by atoms with Crippen LogP contribution in [0.1, 0.15) is 12.5 Å². The number of hydrogen-bond acceptors (Lipinski definition) is 4. The molecule has 25 heavy (non-hydrogen) atoms. The van der Waals surface area contributed by atoms with Crippen molar-refractivity contribution in [3.63, 3.8) is 0 Å². The van der Waals surface area contributed by atoms with E-state index in [1.165, 1.54) is 21.6 Å². The zero-order valence-electron chi connectivity index (χ0n) is 13.7. The van der Waals surface area contributed by atoms with Gasteiger partial charge in [-0.1, -0.05) is 6.07 Å². The summed E-state index contributed by atoms with van der Waals surface area (Å²) in [6, 6.07) is 9.51. The van der Waals surface area contributed by atoms with Crippen molar-refractivity contribution < 1.29 is 18.3 Å². The molecule has 0 N–H and O–H groups in total. The van der Waals surface area contributed by atoms with E-state index >= 15 is 0 Å². The van der Waals surface area contributed by atoms with E-state index in [2.05, 4.69) is 0 Å². The molecule has 0 aliphatic carbocycles. The number of cyclic esters (lactones) is 1. The van der Waals surface area contributed by atoms with Crippen molar-refractivity contribution in [3.8, 4) is 5.69 Å². The van der Waals surface area contributed by atoms with Crippen molar-refractivity contribution in [3.05, 3.63) is 58.3 Å². The van der Waals surface area contributed by atoms with Crippen molar-refractivity contribution in [1.29, 1.82) is 0 Å². The van der Waals surface area contributed by atoms with Crippen LogP contribution in [0.25, 0.3) is 16.8 Å². The number of nitrogens with zero attached hydrogens (tertiary/aromatic N) is 2. The summed E-state index contributed by atoms with van der Waals surface area (Å²) in [6.45, 7) is 3.99. The third-order valence-electron chi connectivity index (χ3n) is 4.18. The first-order valence-electron chi connectivity index (χ1n) is 7.84. The number of halogens is 1. The van der Waals surface area contributed by atoms with Crippen LogP contribution in [-0.2, 0) is 4.74 Å². The molecule has 4 rings (SSSR count). The van der Waals surface area contributed by atoms with Gasteiger partial charge in [0.15, 0.2) is 5.58 Å². The molecule has 3 aromatic rings. The molecule has 1 aromatic heterocycles. The average molecular weight is 342 g/mol. The fraction of sp³-hybridized carbons (Fsp3) is 0.222. The van der Waals surface area contributed by atoms with E-state index in [1.807, 2.05) is 13.0 Å². The number of amides is 1. The number of carbonyl (C=O) groups excluding carboxylic acids is 1. The molecule has 7 heteroatoms. The van der Waals surface area contributed by atoms with E-state index in [0.29, 0.717) is 23.3 Å². The highest BCUT2D eigenvalue weighted by Gasteiger charge is 2.30. The van der Waals surface area contributed by atoms with Crippen LogP contribution in [0.3, 0.4) is 0 Å². The highest BCUT2D eigenvalue weighted by atomic mass is 19.1. The maximum Gasteiger partial charge on any atom is 0.424 e. The molecule has 1 aliphatic heterocycles. The molecule has 1 amide bonds. The summed E-state index contributed by atoms with van der Waals surface area (Å²) in [5.74, 6) is -1.29. The highest BCUT2D eigenvalue weighted by Crippen LogP contribution is 2.27. The number of aromatic nitrogens is 1. The molecule has 2 aromatic carbocycles. The molecular weight excluding hydrogens is 327 g/mol. The Morgan fingerprint density at radius 1 is 1.16 bits per heavy atom. The number of fused-ring (bicyclic) bond motifs is 1. The molecule has 6 nitrogen and oxygen atoms in total. The number of anilines is 1. The number of carbonyl (C=O) groups is 1. The molecule has 0 radical (unpaired) electrons. The minimum atomic E-state index is -0.665. The lowest BCUT2D eigenvalue weighted by atomic mass is 10.2. The standard InChI is InChI=1S/C18H15FN2O4/c1-10-3-6-16-15(7-10)21(18(23)25-16)14-5-4-12(8-13(14)19)20-9-11(2)24-17(20)22/h3-8,11H,9H2,1-2H3. The number of hydrogen-bond donors (Lipinski definition) is 0. The zero-order chi connectivity index (χ0) is 17.7. The van der Waals surface area contributed by atoms with Crippen LogP contribution in [0.2, 0.25) is 0 Å². The predicted molar refractivity (Wildman–Crippen MR) is 89.8 cm³/mol. The Balaban J connectivity index is 1.83. The van der Waals surface area contributed by atoms with Gasteiger partial charge in [-0.15, -0.1) is 0 Å². The van der Waals surface area contributed by atoms with Gasteiger partial charge in [0.2, 0.25) is 0 Å². The maximum absolute atomic E-state index is 14.7. The molecule has 1 saturated heterocycles. The summed E-state index contributed by atoms with van der Waals surface area (Å²) in [5.41, 5.74) is 2.25. The summed E-state index contributed by atoms with van der Waals surface area (Å²) in [5, 5.41) is 0. The van der Waals surface area contributed by atoms with Crippen LogP contribution >= 0.6 is 0 Å². The van der Waals surface area contributed by atoms with Crippen LogP contribution in [0.15, 0.2) is 45.6 Å². The molecule has 0 spiro atoms. The first kappa shape index (κ1) is 15.4. The first-order valence-corrected chi connectivity index (χ1v) is 7.84. The van der Waals surface area contributed by atoms with Gasteiger partial charge in [0.05, 0.1) is 23.4 Å². The van der Waals surface area contributed by atoms with Crippen molar-refractivity contribution in [2.45, 2.75) is 20.0 Å². The highest BCUT2D eigenvalue weighted by molar-refractivity contribution is 5.90. The quantitative estimate of drug-likeness (QED) is 0.716. The molecule has 0 saturated carbocycles. The van der Waals surface area contributed by atoms with Gasteiger partial charge in [-0.05, 0) is 49.7 Å². The number of oxazole rings is 1. The molecule has 0 bridgehead atoms. The van der Waals surface area contributed by atoms with Gasteiger partial charge in [-0.25, -0.2) is 18.5 Å². The van der Waals surface area contributed by atoms with Gasteiger partial charge in [0.25, 0.3) is 0 Å². The topological polar surface area (TPSA) is 64.7 Å². The van der Waals surface area contributed by atoms with E-state index in [9.17, 15) is 14.0 Å². The third kappa shape index (κ3) is 2.48. The lowest BCUT2D eigenvalue weighted by Crippen LogP contribution is -2.24. The van der Waals surface area contributed by atoms with Crippen LogP contribution in [0.5, 0.6) is 0 Å². The molecule has 1 atom stereocenters. The summed E-state index contributed by atoms with van der Waals surface area (Å²) >= 11 is 0. The van der Waals surface area contributed by atoms with Crippen LogP contribution in [-0.4, -0.2) is 23.3 Å². The Morgan fingerprint density at radius 2 is 1.96 bits per heavy atom. The lowest BCUT2D eigenvalue weighted by molar-refractivity contribution is 0.150. The molecule has 1 fully saturated rings. The zero-order valence-corrected chi connectivity index (χ0v) is 13.7. The summed E-state index contributed by atoms with van der Waals surface area (Å²) in [7, 11) is 0. The normalized spacial score (nSPS) is 17.3. The maximum atomic E-state index is 14.7. The Labute approximate surface area is 142 Å². The van der Waals surface area contributed by atoms with E-state index < -0.39 is 17.7 Å². The van der Waals surface area contributed by atoms with Crippen LogP contribution < -0.4 is 10.7 Å². The van der Waals surface area contributed by atoms with E-state index in [1.54, 1.807) is 25.1 Å². The number of ether oxygens (including phenoxy) is 1. The van der Waals surface area contributed by atoms with Gasteiger partial charge in [-0.2, -0.15) is 0 Å². The second-order valence-electron chi connectivity index (χ2n) is 6.12. The van der Waals surface area contributed by atoms with Gasteiger partial charge in [-0.3, -0.25) is 4.90 Å². The largest absolute Gasteiger partial charge is 0.444 e. The second-order valence-corrected chi connectivity index (χ2v) is 6.12. The van der Waals surface area contributed by atoms with Gasteiger partial charge in [0, 0.05) is 0 Å². The van der Waals surface area contributed by atoms with Gasteiger partial charge >= 0.3 is 11.8 Å². The monoisotopic (exact) mass is 342 g/mol. The summed E-state index contributed by atoms with van der Waals surface area (Å²) in [4.78, 5) is 25.3. The van der Waals surface area contributed by atoms with Crippen molar-refractivity contribution >= 4 is 22.9 Å². The van der Waals surface area contributed by atoms with Crippen LogP contribution in [0.4, 0.5) is 14.9 Å². The molecule has 2 heterocycles. The van der Waals surface area contributed by atoms with E-state index in [-0.39, 0.29) is 11.8 Å². The Hall–Kier alpha value is -3.09. The lowest BCUT2D eigenvalue weighted by Gasteiger charge is -2.14. The Morgan fingerprint density at radius 3 is 2.64 bits per heavy atom. The van der Waals surface area contributed by atoms with Crippen LogP contribution in [0, 0.1) is 12.7 Å². The van der Waals surface area contributed by atoms with Crippen molar-refractivity contribution in [2.24, 2.45) is 0 Å². The minimum absolute atomic E-state index is 0.0683. The fourth-order valence-corrected chi connectivity index (χ4v) is 3.02. The third-order valence-corrected chi connectivity index (χ3v) is 4.18. The first-order chi connectivity index (χ1) is 11.9. The van der Waals surface area contributed by atoms with Crippen molar-refractivity contribution in [1.82, 2.24) is 4.57 Å². The number of aryl methyl sites for hydroxylation is 1. The Bertz CT molecular complexity index is 1050. The number of benzene rings is 2. The van der Waals surface area contributed by atoms with Crippen molar-refractivity contribution in [2.75, 3.05) is 11.4 Å².